The maximum atomic E-state index is 12.3. The first-order valence-corrected chi connectivity index (χ1v) is 9.63. The van der Waals surface area contributed by atoms with E-state index in [0.717, 1.165) is 6.07 Å². The molecular formula is C23H19N3O7. The lowest BCUT2D eigenvalue weighted by molar-refractivity contribution is -0.383. The van der Waals surface area contributed by atoms with Crippen molar-refractivity contribution in [3.05, 3.63) is 94.0 Å². The molecule has 0 bridgehead atoms. The third-order valence-electron chi connectivity index (χ3n) is 4.42. The standard InChI is InChI=1S/C23H19N3O7/c1-32-18-10-7-15(8-11-18)22(28)25-21(27)14-33-23(29)16-9-12-19(20(13-16)26(30)31)24-17-5-3-2-4-6-17/h2-13,24H,14H2,1H3,(H,25,27,28). The van der Waals surface area contributed by atoms with E-state index in [9.17, 15) is 24.5 Å². The number of methoxy groups -OCH3 is 1. The van der Waals surface area contributed by atoms with Gasteiger partial charge in [0.1, 0.15) is 11.4 Å². The Balaban J connectivity index is 1.61. The van der Waals surface area contributed by atoms with Crippen LogP contribution in [0.25, 0.3) is 0 Å². The monoisotopic (exact) mass is 449 g/mol. The lowest BCUT2D eigenvalue weighted by atomic mass is 10.1. The fourth-order valence-corrected chi connectivity index (χ4v) is 2.78. The van der Waals surface area contributed by atoms with E-state index in [1.54, 1.807) is 42.5 Å². The molecule has 3 aromatic rings. The van der Waals surface area contributed by atoms with E-state index in [-0.39, 0.29) is 22.5 Å². The number of esters is 1. The summed E-state index contributed by atoms with van der Waals surface area (Å²) in [5.41, 5.74) is 0.578. The quantitative estimate of drug-likeness (QED) is 0.303. The van der Waals surface area contributed by atoms with Crippen LogP contribution in [0.3, 0.4) is 0 Å². The van der Waals surface area contributed by atoms with E-state index in [4.69, 9.17) is 9.47 Å². The summed E-state index contributed by atoms with van der Waals surface area (Å²) < 4.78 is 9.88. The summed E-state index contributed by atoms with van der Waals surface area (Å²) in [7, 11) is 1.48. The van der Waals surface area contributed by atoms with Gasteiger partial charge in [-0.1, -0.05) is 18.2 Å². The number of carbonyl (C=O) groups excluding carboxylic acids is 3. The van der Waals surface area contributed by atoms with Gasteiger partial charge in [0.25, 0.3) is 17.5 Å². The molecule has 0 aromatic heterocycles. The van der Waals surface area contributed by atoms with E-state index in [1.165, 1.54) is 31.4 Å². The maximum absolute atomic E-state index is 12.3. The molecule has 0 aliphatic heterocycles. The molecule has 3 aromatic carbocycles. The molecule has 0 saturated heterocycles. The number of benzene rings is 3. The second kappa shape index (κ2) is 10.5. The summed E-state index contributed by atoms with van der Waals surface area (Å²) in [5.74, 6) is -1.92. The van der Waals surface area contributed by atoms with Crippen LogP contribution in [0.15, 0.2) is 72.8 Å². The fourth-order valence-electron chi connectivity index (χ4n) is 2.78. The maximum Gasteiger partial charge on any atom is 0.338 e. The van der Waals surface area contributed by atoms with Gasteiger partial charge in [0.2, 0.25) is 0 Å². The van der Waals surface area contributed by atoms with Crippen molar-refractivity contribution in [3.63, 3.8) is 0 Å². The Bertz CT molecular complexity index is 1180. The van der Waals surface area contributed by atoms with Crippen molar-refractivity contribution >= 4 is 34.8 Å². The zero-order chi connectivity index (χ0) is 23.8. The predicted octanol–water partition coefficient (Wildman–Crippen LogP) is 3.46. The van der Waals surface area contributed by atoms with E-state index < -0.39 is 29.3 Å². The number of hydrogen-bond acceptors (Lipinski definition) is 8. The number of nitro groups is 1. The number of anilines is 2. The topological polar surface area (TPSA) is 137 Å². The Morgan fingerprint density at radius 2 is 1.61 bits per heavy atom. The minimum atomic E-state index is -0.948. The van der Waals surface area contributed by atoms with Gasteiger partial charge in [0, 0.05) is 17.3 Å². The Hall–Kier alpha value is -4.73. The third kappa shape index (κ3) is 6.14. The normalized spacial score (nSPS) is 10.1. The molecule has 0 heterocycles. The Labute approximate surface area is 188 Å². The Kier molecular flexibility index (Phi) is 7.32. The highest BCUT2D eigenvalue weighted by atomic mass is 16.6. The molecule has 0 spiro atoms. The van der Waals surface area contributed by atoms with E-state index in [0.29, 0.717) is 11.4 Å². The molecular weight excluding hydrogens is 430 g/mol. The van der Waals surface area contributed by atoms with E-state index in [1.807, 2.05) is 0 Å². The fraction of sp³-hybridized carbons (Fsp3) is 0.0870. The number of rotatable bonds is 8. The second-order valence-corrected chi connectivity index (χ2v) is 6.66. The van der Waals surface area contributed by atoms with Crippen molar-refractivity contribution in [1.82, 2.24) is 5.32 Å². The van der Waals surface area contributed by atoms with Crippen molar-refractivity contribution < 1.29 is 28.8 Å². The van der Waals surface area contributed by atoms with Crippen LogP contribution in [-0.4, -0.2) is 36.4 Å². The summed E-state index contributed by atoms with van der Waals surface area (Å²) in [6.45, 7) is -0.738. The molecule has 0 atom stereocenters. The molecule has 2 N–H and O–H groups in total. The van der Waals surface area contributed by atoms with Gasteiger partial charge < -0.3 is 14.8 Å². The van der Waals surface area contributed by atoms with Crippen LogP contribution in [-0.2, 0) is 9.53 Å². The van der Waals surface area contributed by atoms with Gasteiger partial charge in [-0.2, -0.15) is 0 Å². The number of amides is 2. The lowest BCUT2D eigenvalue weighted by Gasteiger charge is -2.09. The zero-order valence-electron chi connectivity index (χ0n) is 17.4. The minimum Gasteiger partial charge on any atom is -0.497 e. The highest BCUT2D eigenvalue weighted by Gasteiger charge is 2.20. The average molecular weight is 449 g/mol. The Morgan fingerprint density at radius 1 is 0.939 bits per heavy atom. The molecule has 0 saturated carbocycles. The van der Waals surface area contributed by atoms with E-state index in [2.05, 4.69) is 10.6 Å². The van der Waals surface area contributed by atoms with Gasteiger partial charge in [-0.3, -0.25) is 25.0 Å². The van der Waals surface area contributed by atoms with Crippen LogP contribution in [0, 0.1) is 10.1 Å². The molecule has 168 valence electrons. The first-order valence-electron chi connectivity index (χ1n) is 9.63. The van der Waals surface area contributed by atoms with Crippen LogP contribution in [0.4, 0.5) is 17.1 Å². The Morgan fingerprint density at radius 3 is 2.24 bits per heavy atom. The van der Waals surface area contributed by atoms with Gasteiger partial charge in [0.05, 0.1) is 17.6 Å². The number of hydrogen-bond donors (Lipinski definition) is 2. The van der Waals surface area contributed by atoms with Crippen molar-refractivity contribution in [2.24, 2.45) is 0 Å². The molecule has 0 unspecified atom stereocenters. The average Bonchev–Trinajstić information content (AvgIpc) is 2.83. The number of nitro benzene ring substituents is 1. The second-order valence-electron chi connectivity index (χ2n) is 6.66. The molecule has 10 nitrogen and oxygen atoms in total. The van der Waals surface area contributed by atoms with Crippen LogP contribution in [0.1, 0.15) is 20.7 Å². The molecule has 2 amide bonds. The molecule has 33 heavy (non-hydrogen) atoms. The van der Waals surface area contributed by atoms with Gasteiger partial charge >= 0.3 is 5.97 Å². The summed E-state index contributed by atoms with van der Waals surface area (Å²) in [6.07, 6.45) is 0. The smallest absolute Gasteiger partial charge is 0.338 e. The first-order chi connectivity index (χ1) is 15.9. The number of carbonyl (C=O) groups is 3. The number of para-hydroxylation sites is 1. The summed E-state index contributed by atoms with van der Waals surface area (Å²) in [4.78, 5) is 47.1. The number of nitrogens with one attached hydrogen (secondary N) is 2. The minimum absolute atomic E-state index is 0.116. The number of nitrogens with zero attached hydrogens (tertiary/aromatic N) is 1. The molecule has 10 heteroatoms. The molecule has 0 aliphatic rings. The van der Waals surface area contributed by atoms with Gasteiger partial charge in [-0.05, 0) is 48.5 Å². The zero-order valence-corrected chi connectivity index (χ0v) is 17.4. The highest BCUT2D eigenvalue weighted by molar-refractivity contribution is 6.05. The van der Waals surface area contributed by atoms with Crippen molar-refractivity contribution in [3.8, 4) is 5.75 Å². The summed E-state index contributed by atoms with van der Waals surface area (Å²) in [5, 5.41) is 16.5. The first kappa shape index (κ1) is 22.9. The van der Waals surface area contributed by atoms with Crippen molar-refractivity contribution in [2.75, 3.05) is 19.0 Å². The van der Waals surface area contributed by atoms with Crippen LogP contribution >= 0.6 is 0 Å². The summed E-state index contributed by atoms with van der Waals surface area (Å²) >= 11 is 0. The predicted molar refractivity (Wildman–Crippen MR) is 119 cm³/mol. The molecule has 0 radical (unpaired) electrons. The SMILES string of the molecule is COc1ccc(C(=O)NC(=O)COC(=O)c2ccc(Nc3ccccc3)c([N+](=O)[O-])c2)cc1. The third-order valence-corrected chi connectivity index (χ3v) is 4.42. The molecule has 0 aliphatic carbocycles. The molecule has 0 fully saturated rings. The van der Waals surface area contributed by atoms with Crippen LogP contribution < -0.4 is 15.4 Å². The van der Waals surface area contributed by atoms with Crippen molar-refractivity contribution in [2.45, 2.75) is 0 Å². The number of imide groups is 1. The summed E-state index contributed by atoms with van der Waals surface area (Å²) in [6, 6.07) is 18.6. The van der Waals surface area contributed by atoms with Gasteiger partial charge in [-0.25, -0.2) is 4.79 Å². The van der Waals surface area contributed by atoms with Crippen LogP contribution in [0.5, 0.6) is 5.75 Å². The molecule has 3 rings (SSSR count). The highest BCUT2D eigenvalue weighted by Crippen LogP contribution is 2.29. The lowest BCUT2D eigenvalue weighted by Crippen LogP contribution is -2.34. The van der Waals surface area contributed by atoms with Gasteiger partial charge in [0.15, 0.2) is 6.61 Å². The van der Waals surface area contributed by atoms with Crippen LogP contribution in [0.2, 0.25) is 0 Å². The van der Waals surface area contributed by atoms with Crippen molar-refractivity contribution in [1.29, 1.82) is 0 Å². The van der Waals surface area contributed by atoms with E-state index >= 15 is 0 Å². The van der Waals surface area contributed by atoms with Gasteiger partial charge in [-0.15, -0.1) is 0 Å². The largest absolute Gasteiger partial charge is 0.497 e. The number of ether oxygens (including phenoxy) is 2.